The summed E-state index contributed by atoms with van der Waals surface area (Å²) in [5.74, 6) is -2.59. The van der Waals surface area contributed by atoms with Gasteiger partial charge in [-0.15, -0.1) is 11.8 Å². The number of fused-ring (bicyclic) bond motifs is 1. The molecule has 6 N–H and O–H groups in total. The van der Waals surface area contributed by atoms with Crippen molar-refractivity contribution in [1.29, 1.82) is 0 Å². The maximum Gasteiger partial charge on any atom is 0.335 e. The molecule has 0 aliphatic carbocycles. The number of nitrogens with one attached hydrogen (secondary N) is 2. The van der Waals surface area contributed by atoms with E-state index in [4.69, 9.17) is 32.0 Å². The van der Waals surface area contributed by atoms with E-state index in [-0.39, 0.29) is 4.75 Å². The largest absolute Gasteiger partial charge is 0.479 e. The molecule has 3 rings (SSSR count). The normalized spacial score (nSPS) is 14.9. The zero-order chi connectivity index (χ0) is 26.9. The Morgan fingerprint density at radius 2 is 1.72 bits per heavy atom. The van der Waals surface area contributed by atoms with E-state index >= 15 is 0 Å². The molecule has 2 unspecified atom stereocenters. The lowest BCUT2D eigenvalue weighted by molar-refractivity contribution is -0.165. The lowest BCUT2D eigenvalue weighted by atomic mass is 10.0. The number of thioether (sulfide) groups is 1. The SMILES string of the molecule is CC(C)(C)SCc1ccc(CNc2c(Cl)ccc3c2CCNCC3)cn1.O=C(O)C(O)C(O)C(=O)O. The summed E-state index contributed by atoms with van der Waals surface area (Å²) in [6.45, 7) is 9.48. The Morgan fingerprint density at radius 3 is 2.28 bits per heavy atom. The Morgan fingerprint density at radius 1 is 1.08 bits per heavy atom. The van der Waals surface area contributed by atoms with E-state index in [9.17, 15) is 9.59 Å². The Kier molecular flexibility index (Phi) is 11.4. The zero-order valence-electron chi connectivity index (χ0n) is 20.6. The van der Waals surface area contributed by atoms with Crippen LogP contribution in [0.4, 0.5) is 5.69 Å². The lowest BCUT2D eigenvalue weighted by Gasteiger charge is -2.17. The molecule has 0 fully saturated rings. The van der Waals surface area contributed by atoms with Crippen LogP contribution >= 0.6 is 23.4 Å². The van der Waals surface area contributed by atoms with E-state index in [0.717, 1.165) is 54.6 Å². The summed E-state index contributed by atoms with van der Waals surface area (Å²) in [6.07, 6.45) is -0.486. The molecule has 0 spiro atoms. The maximum absolute atomic E-state index is 9.77. The van der Waals surface area contributed by atoms with Crippen molar-refractivity contribution in [2.45, 2.75) is 62.9 Å². The first kappa shape index (κ1) is 29.9. The number of carboxylic acid groups (broad SMARTS) is 2. The van der Waals surface area contributed by atoms with Crippen LogP contribution in [-0.4, -0.2) is 67.4 Å². The molecule has 1 aromatic carbocycles. The van der Waals surface area contributed by atoms with Gasteiger partial charge >= 0.3 is 11.9 Å². The van der Waals surface area contributed by atoms with Gasteiger partial charge < -0.3 is 31.1 Å². The molecule has 0 saturated carbocycles. The summed E-state index contributed by atoms with van der Waals surface area (Å²) in [7, 11) is 0. The second kappa shape index (κ2) is 13.8. The molecular formula is C25H34ClN3O6S. The number of nitrogens with zero attached hydrogens (tertiary/aromatic N) is 1. The predicted molar refractivity (Wildman–Crippen MR) is 142 cm³/mol. The van der Waals surface area contributed by atoms with Gasteiger partial charge in [-0.1, -0.05) is 44.5 Å². The molecule has 2 atom stereocenters. The molecular weight excluding hydrogens is 506 g/mol. The molecule has 0 amide bonds. The van der Waals surface area contributed by atoms with Crippen LogP contribution < -0.4 is 10.6 Å². The number of benzene rings is 1. The molecule has 1 aliphatic rings. The van der Waals surface area contributed by atoms with Gasteiger partial charge in [0.1, 0.15) is 0 Å². The second-order valence-electron chi connectivity index (χ2n) is 9.29. The Balaban J connectivity index is 0.000000388. The highest BCUT2D eigenvalue weighted by molar-refractivity contribution is 7.99. The molecule has 11 heteroatoms. The number of aliphatic hydroxyl groups excluding tert-OH is 2. The molecule has 0 radical (unpaired) electrons. The fraction of sp³-hybridized carbons (Fsp3) is 0.480. The van der Waals surface area contributed by atoms with Crippen LogP contribution in [0.5, 0.6) is 0 Å². The van der Waals surface area contributed by atoms with Crippen molar-refractivity contribution in [3.05, 3.63) is 57.9 Å². The van der Waals surface area contributed by atoms with Gasteiger partial charge in [-0.05, 0) is 54.8 Å². The summed E-state index contributed by atoms with van der Waals surface area (Å²) >= 11 is 8.41. The summed E-state index contributed by atoms with van der Waals surface area (Å²) in [5, 5.41) is 40.3. The standard InChI is InChI=1S/C21H28ClN3S.C4H6O6/c1-21(2,3)26-14-17-6-4-15(12-24-17)13-25-20-18-9-11-23-10-8-16(18)5-7-19(20)22;5-1(3(7)8)2(6)4(9)10/h4-7,12,23,25H,8-11,13-14H2,1-3H3;1-2,5-6H,(H,7,8)(H,9,10). The summed E-state index contributed by atoms with van der Waals surface area (Å²) < 4.78 is 0.263. The minimum Gasteiger partial charge on any atom is -0.479 e. The van der Waals surface area contributed by atoms with Crippen LogP contribution in [-0.2, 0) is 34.7 Å². The van der Waals surface area contributed by atoms with E-state index in [1.165, 1.54) is 16.7 Å². The Bertz CT molecular complexity index is 1010. The van der Waals surface area contributed by atoms with Crippen molar-refractivity contribution >= 4 is 41.0 Å². The van der Waals surface area contributed by atoms with Gasteiger partial charge in [-0.3, -0.25) is 4.98 Å². The van der Waals surface area contributed by atoms with E-state index in [0.29, 0.717) is 0 Å². The number of halogens is 1. The molecule has 198 valence electrons. The highest BCUT2D eigenvalue weighted by atomic mass is 35.5. The van der Waals surface area contributed by atoms with Crippen LogP contribution in [0.25, 0.3) is 0 Å². The minimum absolute atomic E-state index is 0.263. The van der Waals surface area contributed by atoms with Gasteiger partial charge in [-0.25, -0.2) is 9.59 Å². The van der Waals surface area contributed by atoms with Gasteiger partial charge in [0.15, 0.2) is 12.2 Å². The molecule has 2 heterocycles. The number of rotatable bonds is 8. The van der Waals surface area contributed by atoms with Crippen molar-refractivity contribution in [3.63, 3.8) is 0 Å². The first-order chi connectivity index (χ1) is 16.9. The predicted octanol–water partition coefficient (Wildman–Crippen LogP) is 2.94. The quantitative estimate of drug-likeness (QED) is 0.295. The molecule has 0 saturated heterocycles. The first-order valence-electron chi connectivity index (χ1n) is 11.5. The van der Waals surface area contributed by atoms with Gasteiger partial charge in [0.2, 0.25) is 0 Å². The molecule has 1 aromatic heterocycles. The molecule has 36 heavy (non-hydrogen) atoms. The number of carbonyl (C=O) groups is 2. The number of pyridine rings is 1. The summed E-state index contributed by atoms with van der Waals surface area (Å²) in [6, 6.07) is 8.47. The van der Waals surface area contributed by atoms with Gasteiger partial charge in [0.25, 0.3) is 0 Å². The van der Waals surface area contributed by atoms with E-state index in [1.54, 1.807) is 0 Å². The third kappa shape index (κ3) is 9.59. The summed E-state index contributed by atoms with van der Waals surface area (Å²) in [5.41, 5.74) is 6.14. The van der Waals surface area contributed by atoms with Crippen LogP contribution in [0.2, 0.25) is 5.02 Å². The van der Waals surface area contributed by atoms with Crippen molar-refractivity contribution in [2.24, 2.45) is 0 Å². The fourth-order valence-electron chi connectivity index (χ4n) is 3.33. The molecule has 1 aliphatic heterocycles. The third-order valence-corrected chi connectivity index (χ3v) is 6.92. The van der Waals surface area contributed by atoms with Gasteiger partial charge in [0.05, 0.1) is 16.4 Å². The minimum atomic E-state index is -2.27. The van der Waals surface area contributed by atoms with Gasteiger partial charge in [-0.2, -0.15) is 0 Å². The van der Waals surface area contributed by atoms with Crippen LogP contribution in [0.15, 0.2) is 30.5 Å². The van der Waals surface area contributed by atoms with Gasteiger partial charge in [0, 0.05) is 23.2 Å². The number of hydrogen-bond acceptors (Lipinski definition) is 8. The van der Waals surface area contributed by atoms with Crippen LogP contribution in [0, 0.1) is 0 Å². The number of anilines is 1. The molecule has 0 bridgehead atoms. The highest BCUT2D eigenvalue weighted by Crippen LogP contribution is 2.31. The van der Waals surface area contributed by atoms with E-state index < -0.39 is 24.1 Å². The molecule has 9 nitrogen and oxygen atoms in total. The topological polar surface area (TPSA) is 152 Å². The summed E-state index contributed by atoms with van der Waals surface area (Å²) in [4.78, 5) is 24.2. The first-order valence-corrected chi connectivity index (χ1v) is 12.9. The Labute approximate surface area is 220 Å². The van der Waals surface area contributed by atoms with Crippen molar-refractivity contribution in [2.75, 3.05) is 18.4 Å². The smallest absolute Gasteiger partial charge is 0.335 e. The number of aromatic nitrogens is 1. The number of hydrogen-bond donors (Lipinski definition) is 6. The van der Waals surface area contributed by atoms with Crippen LogP contribution in [0.3, 0.4) is 0 Å². The number of aliphatic carboxylic acids is 2. The maximum atomic E-state index is 9.77. The fourth-order valence-corrected chi connectivity index (χ4v) is 4.33. The number of carboxylic acids is 2. The Hall–Kier alpha value is -2.37. The average Bonchev–Trinajstić information content (AvgIpc) is 3.07. The monoisotopic (exact) mass is 539 g/mol. The van der Waals surface area contributed by atoms with Crippen molar-refractivity contribution in [1.82, 2.24) is 10.3 Å². The van der Waals surface area contributed by atoms with Crippen molar-refractivity contribution < 1.29 is 30.0 Å². The highest BCUT2D eigenvalue weighted by Gasteiger charge is 2.29. The average molecular weight is 540 g/mol. The number of aliphatic hydroxyl groups is 2. The zero-order valence-corrected chi connectivity index (χ0v) is 22.2. The van der Waals surface area contributed by atoms with E-state index in [2.05, 4.69) is 54.6 Å². The van der Waals surface area contributed by atoms with Crippen molar-refractivity contribution in [3.8, 4) is 0 Å². The lowest BCUT2D eigenvalue weighted by Crippen LogP contribution is -2.39. The van der Waals surface area contributed by atoms with Crippen LogP contribution in [0.1, 0.15) is 43.2 Å². The third-order valence-electron chi connectivity index (χ3n) is 5.30. The second-order valence-corrected chi connectivity index (χ2v) is 11.5. The molecule has 2 aromatic rings. The van der Waals surface area contributed by atoms with E-state index in [1.807, 2.05) is 24.0 Å².